The second-order valence-electron chi connectivity index (χ2n) is 5.31. The van der Waals surface area contributed by atoms with Gasteiger partial charge in [0.25, 0.3) is 0 Å². The molecule has 1 saturated carbocycles. The lowest BCUT2D eigenvalue weighted by atomic mass is 9.84. The Kier molecular flexibility index (Phi) is 5.52. The Morgan fingerprint density at radius 1 is 1.32 bits per heavy atom. The number of nitrogens with two attached hydrogens (primary N) is 1. The van der Waals surface area contributed by atoms with Crippen LogP contribution in [-0.2, 0) is 0 Å². The van der Waals surface area contributed by atoms with Gasteiger partial charge in [-0.2, -0.15) is 0 Å². The molecule has 1 unspecified atom stereocenters. The molecular weight excluding hydrogens is 279 g/mol. The van der Waals surface area contributed by atoms with Gasteiger partial charge in [0.1, 0.15) is 0 Å². The number of likely N-dealkylation sites (N-methyl/N-ethyl adjacent to an activating group) is 1. The molecule has 4 heteroatoms. The first kappa shape index (κ1) is 15.1. The topological polar surface area (TPSA) is 29.3 Å². The summed E-state index contributed by atoms with van der Waals surface area (Å²) in [5.41, 5.74) is 7.15. The maximum Gasteiger partial charge on any atom is 0.0595 e. The van der Waals surface area contributed by atoms with Crippen LogP contribution >= 0.6 is 23.2 Å². The largest absolute Gasteiger partial charge is 0.329 e. The average Bonchev–Trinajstić information content (AvgIpc) is 2.36. The minimum absolute atomic E-state index is 0.236. The average molecular weight is 301 g/mol. The summed E-state index contributed by atoms with van der Waals surface area (Å²) in [6.45, 7) is 4.95. The third-order valence-corrected chi connectivity index (χ3v) is 4.86. The fraction of sp³-hybridized carbons (Fsp3) is 0.600. The molecule has 0 bridgehead atoms. The minimum Gasteiger partial charge on any atom is -0.329 e. The van der Waals surface area contributed by atoms with Gasteiger partial charge in [0.05, 0.1) is 10.0 Å². The van der Waals surface area contributed by atoms with Gasteiger partial charge in [-0.3, -0.25) is 4.90 Å². The van der Waals surface area contributed by atoms with Gasteiger partial charge in [0, 0.05) is 19.1 Å². The predicted octanol–water partition coefficient (Wildman–Crippen LogP) is 4.12. The molecular formula is C15H22Cl2N2. The molecule has 19 heavy (non-hydrogen) atoms. The second-order valence-corrected chi connectivity index (χ2v) is 6.12. The Morgan fingerprint density at radius 2 is 2.05 bits per heavy atom. The first-order chi connectivity index (χ1) is 9.15. The van der Waals surface area contributed by atoms with Gasteiger partial charge in [-0.15, -0.1) is 0 Å². The van der Waals surface area contributed by atoms with E-state index in [4.69, 9.17) is 28.9 Å². The SMILES string of the molecule is CCN(CC1CCC1)C(CN)c1ccc(Cl)c(Cl)c1. The lowest BCUT2D eigenvalue weighted by Crippen LogP contribution is -2.38. The summed E-state index contributed by atoms with van der Waals surface area (Å²) < 4.78 is 0. The second kappa shape index (κ2) is 6.94. The number of hydrogen-bond donors (Lipinski definition) is 1. The zero-order chi connectivity index (χ0) is 13.8. The van der Waals surface area contributed by atoms with E-state index >= 15 is 0 Å². The maximum atomic E-state index is 6.12. The molecule has 1 atom stereocenters. The minimum atomic E-state index is 0.236. The van der Waals surface area contributed by atoms with Crippen molar-refractivity contribution in [3.8, 4) is 0 Å². The van der Waals surface area contributed by atoms with Crippen molar-refractivity contribution in [1.29, 1.82) is 0 Å². The Balaban J connectivity index is 2.13. The molecule has 0 saturated heterocycles. The van der Waals surface area contributed by atoms with E-state index in [0.29, 0.717) is 16.6 Å². The van der Waals surface area contributed by atoms with E-state index in [-0.39, 0.29) is 6.04 Å². The first-order valence-electron chi connectivity index (χ1n) is 7.04. The Morgan fingerprint density at radius 3 is 2.53 bits per heavy atom. The highest BCUT2D eigenvalue weighted by molar-refractivity contribution is 6.42. The molecule has 0 heterocycles. The number of benzene rings is 1. The monoisotopic (exact) mass is 300 g/mol. The van der Waals surface area contributed by atoms with Crippen LogP contribution in [-0.4, -0.2) is 24.5 Å². The molecule has 1 aromatic rings. The van der Waals surface area contributed by atoms with E-state index in [1.54, 1.807) is 0 Å². The van der Waals surface area contributed by atoms with E-state index in [0.717, 1.165) is 24.6 Å². The molecule has 1 aliphatic carbocycles. The fourth-order valence-electron chi connectivity index (χ4n) is 2.70. The molecule has 0 amide bonds. The van der Waals surface area contributed by atoms with Crippen molar-refractivity contribution in [2.45, 2.75) is 32.2 Å². The number of hydrogen-bond acceptors (Lipinski definition) is 2. The summed E-state index contributed by atoms with van der Waals surface area (Å²) in [5.74, 6) is 0.844. The highest BCUT2D eigenvalue weighted by atomic mass is 35.5. The fourth-order valence-corrected chi connectivity index (χ4v) is 3.01. The van der Waals surface area contributed by atoms with Crippen molar-refractivity contribution >= 4 is 23.2 Å². The summed E-state index contributed by atoms with van der Waals surface area (Å²) in [7, 11) is 0. The molecule has 2 rings (SSSR count). The Labute approximate surface area is 125 Å². The third-order valence-electron chi connectivity index (χ3n) is 4.12. The molecule has 1 aliphatic rings. The summed E-state index contributed by atoms with van der Waals surface area (Å²) in [6.07, 6.45) is 4.09. The quantitative estimate of drug-likeness (QED) is 0.856. The van der Waals surface area contributed by atoms with Gasteiger partial charge in [-0.1, -0.05) is 42.6 Å². The van der Waals surface area contributed by atoms with Crippen LogP contribution in [0.2, 0.25) is 10.0 Å². The smallest absolute Gasteiger partial charge is 0.0595 e. The lowest BCUT2D eigenvalue weighted by Gasteiger charge is -2.36. The van der Waals surface area contributed by atoms with Crippen molar-refractivity contribution in [1.82, 2.24) is 4.90 Å². The molecule has 0 radical (unpaired) electrons. The van der Waals surface area contributed by atoms with Crippen LogP contribution in [0, 0.1) is 5.92 Å². The van der Waals surface area contributed by atoms with Crippen molar-refractivity contribution < 1.29 is 0 Å². The van der Waals surface area contributed by atoms with Crippen LogP contribution in [0.25, 0.3) is 0 Å². The van der Waals surface area contributed by atoms with Crippen LogP contribution in [0.4, 0.5) is 0 Å². The zero-order valence-electron chi connectivity index (χ0n) is 11.4. The van der Waals surface area contributed by atoms with Gasteiger partial charge in [0.2, 0.25) is 0 Å². The molecule has 106 valence electrons. The number of halogens is 2. The predicted molar refractivity (Wildman–Crippen MR) is 82.8 cm³/mol. The first-order valence-corrected chi connectivity index (χ1v) is 7.80. The van der Waals surface area contributed by atoms with E-state index < -0.39 is 0 Å². The summed E-state index contributed by atoms with van der Waals surface area (Å²) in [5, 5.41) is 1.21. The van der Waals surface area contributed by atoms with Crippen LogP contribution in [0.15, 0.2) is 18.2 Å². The zero-order valence-corrected chi connectivity index (χ0v) is 12.9. The van der Waals surface area contributed by atoms with E-state index in [1.807, 2.05) is 18.2 Å². The lowest BCUT2D eigenvalue weighted by molar-refractivity contribution is 0.141. The molecule has 2 N–H and O–H groups in total. The van der Waals surface area contributed by atoms with Crippen LogP contribution in [0.3, 0.4) is 0 Å². The van der Waals surface area contributed by atoms with Crippen LogP contribution in [0.1, 0.15) is 37.8 Å². The van der Waals surface area contributed by atoms with E-state index in [2.05, 4.69) is 11.8 Å². The Bertz CT molecular complexity index is 419. The summed E-state index contributed by atoms with van der Waals surface area (Å²) >= 11 is 12.1. The summed E-state index contributed by atoms with van der Waals surface area (Å²) in [6, 6.07) is 6.08. The molecule has 1 fully saturated rings. The Hall–Kier alpha value is -0.280. The van der Waals surface area contributed by atoms with Crippen molar-refractivity contribution in [3.05, 3.63) is 33.8 Å². The highest BCUT2D eigenvalue weighted by Crippen LogP contribution is 2.32. The normalized spacial score (nSPS) is 17.5. The van der Waals surface area contributed by atoms with E-state index in [9.17, 15) is 0 Å². The van der Waals surface area contributed by atoms with Crippen LogP contribution in [0.5, 0.6) is 0 Å². The number of nitrogens with zero attached hydrogens (tertiary/aromatic N) is 1. The highest BCUT2D eigenvalue weighted by Gasteiger charge is 2.25. The van der Waals surface area contributed by atoms with Gasteiger partial charge < -0.3 is 5.73 Å². The third kappa shape index (κ3) is 3.63. The van der Waals surface area contributed by atoms with Gasteiger partial charge >= 0.3 is 0 Å². The van der Waals surface area contributed by atoms with Gasteiger partial charge in [-0.25, -0.2) is 0 Å². The summed E-state index contributed by atoms with van der Waals surface area (Å²) in [4.78, 5) is 2.46. The molecule has 2 nitrogen and oxygen atoms in total. The van der Waals surface area contributed by atoms with Crippen molar-refractivity contribution in [2.24, 2.45) is 11.7 Å². The van der Waals surface area contributed by atoms with Gasteiger partial charge in [-0.05, 0) is 43.0 Å². The molecule has 0 aliphatic heterocycles. The van der Waals surface area contributed by atoms with Crippen molar-refractivity contribution in [2.75, 3.05) is 19.6 Å². The van der Waals surface area contributed by atoms with Crippen molar-refractivity contribution in [3.63, 3.8) is 0 Å². The standard InChI is InChI=1S/C15H22Cl2N2/c1-2-19(10-11-4-3-5-11)15(9-18)12-6-7-13(16)14(17)8-12/h6-8,11,15H,2-5,9-10,18H2,1H3. The number of rotatable bonds is 6. The van der Waals surface area contributed by atoms with E-state index in [1.165, 1.54) is 19.3 Å². The molecule has 0 aromatic heterocycles. The molecule has 1 aromatic carbocycles. The maximum absolute atomic E-state index is 6.12. The molecule has 0 spiro atoms. The van der Waals surface area contributed by atoms with Gasteiger partial charge in [0.15, 0.2) is 0 Å². The van der Waals surface area contributed by atoms with Crippen LogP contribution < -0.4 is 5.73 Å².